The molecule has 1 fully saturated rings. The third-order valence-electron chi connectivity index (χ3n) is 5.07. The van der Waals surface area contributed by atoms with E-state index in [1.165, 1.54) is 42.0 Å². The van der Waals surface area contributed by atoms with E-state index in [1.54, 1.807) is 0 Å². The van der Waals surface area contributed by atoms with Gasteiger partial charge in [0, 0.05) is 25.0 Å². The normalized spacial score (nSPS) is 23.1. The second-order valence-electron chi connectivity index (χ2n) is 7.30. The molecular formula is C18H23N5O7S3. The van der Waals surface area contributed by atoms with E-state index in [0.717, 1.165) is 9.91 Å². The van der Waals surface area contributed by atoms with Crippen LogP contribution in [0, 0.1) is 6.92 Å². The maximum absolute atomic E-state index is 13.0. The molecule has 3 rings (SSSR count). The molecule has 2 aliphatic rings. The molecule has 0 spiro atoms. The predicted molar refractivity (Wildman–Crippen MR) is 120 cm³/mol. The first-order valence-corrected chi connectivity index (χ1v) is 12.6. The van der Waals surface area contributed by atoms with Gasteiger partial charge >= 0.3 is 11.9 Å². The molecule has 0 radical (unpaired) electrons. The number of aryl methyl sites for hydroxylation is 1. The minimum absolute atomic E-state index is 0.0540. The van der Waals surface area contributed by atoms with Gasteiger partial charge in [0.1, 0.15) is 22.1 Å². The summed E-state index contributed by atoms with van der Waals surface area (Å²) in [5.41, 5.74) is 4.19. The minimum atomic E-state index is -1.69. The first-order valence-electron chi connectivity index (χ1n) is 9.78. The SMILES string of the molecule is COC1(NC(=O)CCCC(N)C(=O)O)C(=O)N2C(C(=O)O)=C(CSc3nnc(C)s3)CSC21. The van der Waals surface area contributed by atoms with Gasteiger partial charge in [-0.2, -0.15) is 0 Å². The second-order valence-corrected chi connectivity index (χ2v) is 10.8. The Bertz CT molecular complexity index is 1000. The summed E-state index contributed by atoms with van der Waals surface area (Å²) in [4.78, 5) is 49.4. The number of aromatic nitrogens is 2. The highest BCUT2D eigenvalue weighted by Crippen LogP contribution is 2.47. The summed E-state index contributed by atoms with van der Waals surface area (Å²) in [6, 6.07) is -1.08. The third-order valence-corrected chi connectivity index (χ3v) is 8.51. The van der Waals surface area contributed by atoms with Crippen molar-refractivity contribution in [1.82, 2.24) is 20.4 Å². The quantitative estimate of drug-likeness (QED) is 0.178. The molecule has 180 valence electrons. The summed E-state index contributed by atoms with van der Waals surface area (Å²) >= 11 is 4.04. The number of thioether (sulfide) groups is 2. The van der Waals surface area contributed by atoms with Crippen molar-refractivity contribution in [3.8, 4) is 0 Å². The average Bonchev–Trinajstić information content (AvgIpc) is 3.19. The van der Waals surface area contributed by atoms with E-state index in [-0.39, 0.29) is 25.0 Å². The highest BCUT2D eigenvalue weighted by Gasteiger charge is 2.66. The number of nitrogens with two attached hydrogens (primary N) is 1. The van der Waals surface area contributed by atoms with E-state index >= 15 is 0 Å². The van der Waals surface area contributed by atoms with Crippen LogP contribution in [0.15, 0.2) is 15.6 Å². The van der Waals surface area contributed by atoms with Crippen LogP contribution >= 0.6 is 34.9 Å². The van der Waals surface area contributed by atoms with Crippen molar-refractivity contribution in [3.63, 3.8) is 0 Å². The van der Waals surface area contributed by atoms with Gasteiger partial charge in [0.2, 0.25) is 5.91 Å². The van der Waals surface area contributed by atoms with E-state index in [4.69, 9.17) is 15.6 Å². The molecule has 5 N–H and O–H groups in total. The summed E-state index contributed by atoms with van der Waals surface area (Å²) in [6.45, 7) is 1.82. The van der Waals surface area contributed by atoms with Crippen LogP contribution in [0.1, 0.15) is 24.3 Å². The fourth-order valence-corrected chi connectivity index (χ4v) is 6.81. The van der Waals surface area contributed by atoms with Crippen molar-refractivity contribution >= 4 is 58.6 Å². The minimum Gasteiger partial charge on any atom is -0.480 e. The van der Waals surface area contributed by atoms with Gasteiger partial charge in [0.05, 0.1) is 0 Å². The number of nitrogens with zero attached hydrogens (tertiary/aromatic N) is 3. The number of hydrogen-bond donors (Lipinski definition) is 4. The Labute approximate surface area is 201 Å². The van der Waals surface area contributed by atoms with Crippen LogP contribution in [0.4, 0.5) is 0 Å². The Kier molecular flexibility index (Phi) is 8.00. The van der Waals surface area contributed by atoms with Gasteiger partial charge in [0.25, 0.3) is 11.6 Å². The lowest BCUT2D eigenvalue weighted by molar-refractivity contribution is -0.192. The Morgan fingerprint density at radius 3 is 2.70 bits per heavy atom. The molecule has 3 heterocycles. The van der Waals surface area contributed by atoms with E-state index in [2.05, 4.69) is 15.5 Å². The number of β-lactam (4-membered cyclic amide) rings is 1. The van der Waals surface area contributed by atoms with Crippen LogP contribution in [0.25, 0.3) is 0 Å². The summed E-state index contributed by atoms with van der Waals surface area (Å²) in [5.74, 6) is -2.93. The Hall–Kier alpha value is -2.20. The number of hydrogen-bond acceptors (Lipinski definition) is 11. The molecule has 33 heavy (non-hydrogen) atoms. The van der Waals surface area contributed by atoms with Crippen molar-refractivity contribution < 1.29 is 34.1 Å². The van der Waals surface area contributed by atoms with Gasteiger partial charge in [-0.1, -0.05) is 23.1 Å². The van der Waals surface area contributed by atoms with Crippen molar-refractivity contribution in [2.75, 3.05) is 18.6 Å². The number of aliphatic carboxylic acids is 2. The first kappa shape index (κ1) is 25.4. The Morgan fingerprint density at radius 1 is 1.39 bits per heavy atom. The van der Waals surface area contributed by atoms with E-state index in [0.29, 0.717) is 21.4 Å². The zero-order chi connectivity index (χ0) is 24.3. The molecular weight excluding hydrogens is 494 g/mol. The van der Waals surface area contributed by atoms with Crippen LogP contribution in [0.2, 0.25) is 0 Å². The lowest BCUT2D eigenvalue weighted by Gasteiger charge is -2.55. The highest BCUT2D eigenvalue weighted by molar-refractivity contribution is 8.01. The van der Waals surface area contributed by atoms with Gasteiger partial charge in [-0.3, -0.25) is 19.3 Å². The number of carboxylic acid groups (broad SMARTS) is 2. The summed E-state index contributed by atoms with van der Waals surface area (Å²) in [6.07, 6.45) is 0.255. The maximum atomic E-state index is 13.0. The largest absolute Gasteiger partial charge is 0.480 e. The summed E-state index contributed by atoms with van der Waals surface area (Å²) in [7, 11) is 1.27. The smallest absolute Gasteiger partial charge is 0.352 e. The maximum Gasteiger partial charge on any atom is 0.352 e. The second kappa shape index (κ2) is 10.4. The molecule has 1 aromatic rings. The molecule has 1 saturated heterocycles. The highest BCUT2D eigenvalue weighted by atomic mass is 32.2. The summed E-state index contributed by atoms with van der Waals surface area (Å²) < 4.78 is 6.09. The number of carbonyl (C=O) groups is 4. The van der Waals surface area contributed by atoms with Gasteiger partial charge in [0.15, 0.2) is 4.34 Å². The Morgan fingerprint density at radius 2 is 2.12 bits per heavy atom. The fraction of sp³-hybridized carbons (Fsp3) is 0.556. The predicted octanol–water partition coefficient (Wildman–Crippen LogP) is 0.234. The van der Waals surface area contributed by atoms with Crippen molar-refractivity contribution in [3.05, 3.63) is 16.3 Å². The zero-order valence-corrected chi connectivity index (χ0v) is 20.2. The number of amides is 2. The van der Waals surface area contributed by atoms with Crippen molar-refractivity contribution in [2.24, 2.45) is 5.73 Å². The molecule has 0 bridgehead atoms. The number of methoxy groups -OCH3 is 1. The van der Waals surface area contributed by atoms with Gasteiger partial charge < -0.3 is 26.0 Å². The lowest BCUT2D eigenvalue weighted by Crippen LogP contribution is -2.80. The van der Waals surface area contributed by atoms with Crippen LogP contribution in [-0.4, -0.2) is 84.8 Å². The molecule has 0 aliphatic carbocycles. The van der Waals surface area contributed by atoms with Crippen LogP contribution in [-0.2, 0) is 23.9 Å². The third kappa shape index (κ3) is 5.16. The van der Waals surface area contributed by atoms with E-state index in [9.17, 15) is 24.3 Å². The van der Waals surface area contributed by atoms with Gasteiger partial charge in [-0.05, 0) is 25.3 Å². The Balaban J connectivity index is 1.69. The zero-order valence-electron chi connectivity index (χ0n) is 17.8. The average molecular weight is 518 g/mol. The van der Waals surface area contributed by atoms with Gasteiger partial charge in [-0.25, -0.2) is 4.79 Å². The number of carboxylic acids is 2. The lowest BCUT2D eigenvalue weighted by atomic mass is 9.98. The molecule has 12 nitrogen and oxygen atoms in total. The van der Waals surface area contributed by atoms with Crippen LogP contribution in [0.3, 0.4) is 0 Å². The molecule has 2 amide bonds. The standard InChI is InChI=1S/C18H23N5O7S3/c1-8-21-22-17(33-8)32-7-9-6-31-16-18(30-2,15(29)23(16)12(9)14(27)28)20-11(24)5-3-4-10(19)13(25)26/h10,16H,3-7,19H2,1-2H3,(H,20,24)(H,25,26)(H,27,28). The van der Waals surface area contributed by atoms with E-state index < -0.39 is 40.9 Å². The molecule has 3 unspecified atom stereocenters. The number of rotatable bonds is 11. The number of carbonyl (C=O) groups excluding carboxylic acids is 2. The number of ether oxygens (including phenoxy) is 1. The molecule has 0 saturated carbocycles. The molecule has 0 aromatic carbocycles. The fourth-order valence-electron chi connectivity index (χ4n) is 3.42. The number of nitrogens with one attached hydrogen (secondary N) is 1. The summed E-state index contributed by atoms with van der Waals surface area (Å²) in [5, 5.41) is 29.2. The molecule has 2 aliphatic heterocycles. The topological polar surface area (TPSA) is 185 Å². The molecule has 3 atom stereocenters. The van der Waals surface area contributed by atoms with E-state index in [1.807, 2.05) is 6.92 Å². The van der Waals surface area contributed by atoms with Crippen molar-refractivity contribution in [2.45, 2.75) is 47.7 Å². The van der Waals surface area contributed by atoms with Gasteiger partial charge in [-0.15, -0.1) is 22.0 Å². The monoisotopic (exact) mass is 517 g/mol. The molecule has 1 aromatic heterocycles. The number of fused-ring (bicyclic) bond motifs is 1. The molecule has 15 heteroatoms. The van der Waals surface area contributed by atoms with Crippen molar-refractivity contribution in [1.29, 1.82) is 0 Å². The van der Waals surface area contributed by atoms with Crippen LogP contribution < -0.4 is 11.1 Å². The van der Waals surface area contributed by atoms with Crippen LogP contribution in [0.5, 0.6) is 0 Å². The first-order chi connectivity index (χ1) is 15.6.